The van der Waals surface area contributed by atoms with Gasteiger partial charge in [-0.3, -0.25) is 0 Å². The van der Waals surface area contributed by atoms with E-state index in [-0.39, 0.29) is 0 Å². The minimum absolute atomic E-state index is 0.317. The van der Waals surface area contributed by atoms with Gasteiger partial charge >= 0.3 is 0 Å². The molecule has 0 saturated carbocycles. The number of rotatable bonds is 8. The van der Waals surface area contributed by atoms with Crippen molar-refractivity contribution < 1.29 is 0 Å². The molecule has 0 aliphatic rings. The molecule has 0 aromatic carbocycles. The number of unbranched alkanes of at least 4 members (excludes halogenated alkanes) is 3. The van der Waals surface area contributed by atoms with Crippen molar-refractivity contribution in [1.29, 1.82) is 0 Å². The molecule has 0 spiro atoms. The molecule has 1 atom stereocenters. The molecule has 0 rings (SSSR count). The maximum Gasteiger partial charge on any atom is 0.117 e. The summed E-state index contributed by atoms with van der Waals surface area (Å²) in [6.07, 6.45) is 7.77. The Bertz CT molecular complexity index is 132. The third-order valence-corrected chi connectivity index (χ3v) is 2.60. The van der Waals surface area contributed by atoms with E-state index in [9.17, 15) is 0 Å². The predicted molar refractivity (Wildman–Crippen MR) is 67.0 cm³/mol. The third kappa shape index (κ3) is 8.62. The van der Waals surface area contributed by atoms with E-state index in [1.165, 1.54) is 32.0 Å². The minimum Gasteiger partial charge on any atom is -0.328 e. The van der Waals surface area contributed by atoms with Crippen LogP contribution >= 0.6 is 0 Å². The summed E-state index contributed by atoms with van der Waals surface area (Å²) in [5, 5.41) is 0.320. The Balaban J connectivity index is 3.45. The number of hydrogen-bond acceptors (Lipinski definition) is 1. The molecule has 0 saturated heterocycles. The fourth-order valence-corrected chi connectivity index (χ4v) is 1.98. The molecule has 2 N–H and O–H groups in total. The van der Waals surface area contributed by atoms with Crippen LogP contribution < -0.4 is 5.73 Å². The van der Waals surface area contributed by atoms with E-state index in [1.54, 1.807) is 0 Å². The zero-order valence-corrected chi connectivity index (χ0v) is 10.5. The van der Waals surface area contributed by atoms with E-state index in [2.05, 4.69) is 35.0 Å². The van der Waals surface area contributed by atoms with Crippen LogP contribution in [-0.2, 0) is 0 Å². The van der Waals surface area contributed by atoms with Crippen LogP contribution in [-0.4, -0.2) is 13.3 Å². The summed E-state index contributed by atoms with van der Waals surface area (Å²) < 4.78 is 0. The van der Waals surface area contributed by atoms with Crippen molar-refractivity contribution in [3.63, 3.8) is 0 Å². The molecular weight excluding hydrogens is 169 g/mol. The molecule has 0 aromatic heterocycles. The van der Waals surface area contributed by atoms with E-state index >= 15 is 0 Å². The van der Waals surface area contributed by atoms with Gasteiger partial charge < -0.3 is 5.73 Å². The lowest BCUT2D eigenvalue weighted by atomic mass is 9.50. The smallest absolute Gasteiger partial charge is 0.117 e. The van der Waals surface area contributed by atoms with Crippen LogP contribution in [0.1, 0.15) is 59.8 Å². The topological polar surface area (TPSA) is 26.0 Å². The molecule has 1 nitrogen and oxygen atoms in total. The Kier molecular flexibility index (Phi) is 7.35. The van der Waals surface area contributed by atoms with Crippen LogP contribution in [0.15, 0.2) is 0 Å². The summed E-state index contributed by atoms with van der Waals surface area (Å²) in [7, 11) is 2.45. The quantitative estimate of drug-likeness (QED) is 0.465. The Morgan fingerprint density at radius 1 is 1.21 bits per heavy atom. The van der Waals surface area contributed by atoms with Gasteiger partial charge in [-0.25, -0.2) is 0 Å². The van der Waals surface area contributed by atoms with Gasteiger partial charge in [0.05, 0.1) is 0 Å². The zero-order valence-electron chi connectivity index (χ0n) is 10.5. The maximum atomic E-state index is 5.81. The lowest BCUT2D eigenvalue weighted by Gasteiger charge is -2.25. The molecule has 1 radical (unpaired) electrons. The molecule has 1 unspecified atom stereocenters. The van der Waals surface area contributed by atoms with Gasteiger partial charge in [-0.2, -0.15) is 0 Å². The molecule has 0 amide bonds. The largest absolute Gasteiger partial charge is 0.328 e. The minimum atomic E-state index is 0.317. The summed E-state index contributed by atoms with van der Waals surface area (Å²) >= 11 is 0. The Labute approximate surface area is 91.1 Å². The highest BCUT2D eigenvalue weighted by molar-refractivity contribution is 6.39. The van der Waals surface area contributed by atoms with Crippen LogP contribution in [0.4, 0.5) is 0 Å². The van der Waals surface area contributed by atoms with Crippen molar-refractivity contribution in [3.8, 4) is 0 Å². The van der Waals surface area contributed by atoms with E-state index < -0.39 is 0 Å². The molecule has 0 heterocycles. The van der Waals surface area contributed by atoms with Gasteiger partial charge in [0.15, 0.2) is 0 Å². The van der Waals surface area contributed by atoms with Gasteiger partial charge in [0, 0.05) is 6.04 Å². The summed E-state index contributed by atoms with van der Waals surface area (Å²) in [6, 6.07) is 0.317. The van der Waals surface area contributed by atoms with Gasteiger partial charge in [-0.15, -0.1) is 0 Å². The molecular formula is C12H27BN. The first-order chi connectivity index (χ1) is 6.48. The molecule has 0 aliphatic carbocycles. The molecule has 0 fully saturated rings. The maximum absolute atomic E-state index is 5.81. The Hall–Kier alpha value is 0.0249. The lowest BCUT2D eigenvalue weighted by Crippen LogP contribution is -2.24. The summed E-state index contributed by atoms with van der Waals surface area (Å²) in [4.78, 5) is 0. The van der Waals surface area contributed by atoms with E-state index in [4.69, 9.17) is 5.73 Å². The Morgan fingerprint density at radius 3 is 2.36 bits per heavy atom. The fourth-order valence-electron chi connectivity index (χ4n) is 1.98. The second-order valence-electron chi connectivity index (χ2n) is 5.22. The normalized spacial score (nSPS) is 14.1. The second kappa shape index (κ2) is 7.33. The summed E-state index contributed by atoms with van der Waals surface area (Å²) in [5.74, 6) is 0. The van der Waals surface area contributed by atoms with E-state index in [0.29, 0.717) is 11.4 Å². The van der Waals surface area contributed by atoms with E-state index in [0.717, 1.165) is 6.42 Å². The van der Waals surface area contributed by atoms with Crippen molar-refractivity contribution in [2.75, 3.05) is 0 Å². The molecule has 0 bridgehead atoms. The van der Waals surface area contributed by atoms with Crippen LogP contribution in [0.25, 0.3) is 0 Å². The summed E-state index contributed by atoms with van der Waals surface area (Å²) in [6.45, 7) is 8.92. The SMILES string of the molecule is CCCCCC[B]C(C)(C)CC(C)N. The van der Waals surface area contributed by atoms with Crippen LogP contribution in [0, 0.1) is 0 Å². The predicted octanol–water partition coefficient (Wildman–Crippen LogP) is 3.63. The Morgan fingerprint density at radius 2 is 1.86 bits per heavy atom. The monoisotopic (exact) mass is 196 g/mol. The molecule has 2 heteroatoms. The highest BCUT2D eigenvalue weighted by Crippen LogP contribution is 2.30. The molecule has 14 heavy (non-hydrogen) atoms. The first-order valence-corrected chi connectivity index (χ1v) is 6.08. The fraction of sp³-hybridized carbons (Fsp3) is 1.00. The molecule has 0 aliphatic heterocycles. The third-order valence-electron chi connectivity index (χ3n) is 2.60. The molecule has 0 aromatic rings. The van der Waals surface area contributed by atoms with Crippen molar-refractivity contribution >= 4 is 7.28 Å². The van der Waals surface area contributed by atoms with Crippen molar-refractivity contribution in [2.24, 2.45) is 5.73 Å². The van der Waals surface area contributed by atoms with Crippen LogP contribution in [0.5, 0.6) is 0 Å². The van der Waals surface area contributed by atoms with Crippen LogP contribution in [0.3, 0.4) is 0 Å². The zero-order chi connectivity index (χ0) is 11.0. The average molecular weight is 196 g/mol. The average Bonchev–Trinajstić information content (AvgIpc) is 2.01. The van der Waals surface area contributed by atoms with Crippen LogP contribution in [0.2, 0.25) is 11.6 Å². The summed E-state index contributed by atoms with van der Waals surface area (Å²) in [5.41, 5.74) is 5.81. The van der Waals surface area contributed by atoms with Gasteiger partial charge in [0.25, 0.3) is 0 Å². The van der Waals surface area contributed by atoms with Crippen molar-refractivity contribution in [3.05, 3.63) is 0 Å². The van der Waals surface area contributed by atoms with Crippen molar-refractivity contribution in [1.82, 2.24) is 0 Å². The first kappa shape index (κ1) is 14.0. The van der Waals surface area contributed by atoms with Gasteiger partial charge in [-0.1, -0.05) is 58.1 Å². The second-order valence-corrected chi connectivity index (χ2v) is 5.22. The van der Waals surface area contributed by atoms with Gasteiger partial charge in [0.1, 0.15) is 7.28 Å². The number of nitrogens with two attached hydrogens (primary N) is 1. The first-order valence-electron chi connectivity index (χ1n) is 6.08. The lowest BCUT2D eigenvalue weighted by molar-refractivity contribution is 0.530. The molecule has 83 valence electrons. The van der Waals surface area contributed by atoms with Gasteiger partial charge in [0.2, 0.25) is 0 Å². The number of hydrogen-bond donors (Lipinski definition) is 1. The highest BCUT2D eigenvalue weighted by atomic mass is 14.6. The van der Waals surface area contributed by atoms with Gasteiger partial charge in [-0.05, 0) is 13.3 Å². The highest BCUT2D eigenvalue weighted by Gasteiger charge is 2.19. The standard InChI is InChI=1S/C12H27BN/c1-5-6-7-8-9-13-12(3,4)10-11(2)14/h11H,5-10,14H2,1-4H3. The van der Waals surface area contributed by atoms with E-state index in [1.807, 2.05) is 0 Å². The van der Waals surface area contributed by atoms with Crippen molar-refractivity contribution in [2.45, 2.75) is 77.5 Å².